The molecule has 0 aliphatic rings. The Hall–Kier alpha value is -4.20. The molecule has 0 atom stereocenters. The molecule has 0 saturated heterocycles. The molecule has 0 unspecified atom stereocenters. The molecular formula is C26H25F2N3O3. The van der Waals surface area contributed by atoms with Gasteiger partial charge in [0, 0.05) is 12.7 Å². The highest BCUT2D eigenvalue weighted by atomic mass is 19.1. The number of amides is 1. The number of hydrogen-bond donors (Lipinski definition) is 3. The third-order valence-electron chi connectivity index (χ3n) is 4.85. The van der Waals surface area contributed by atoms with E-state index >= 15 is 0 Å². The molecule has 0 spiro atoms. The van der Waals surface area contributed by atoms with Crippen LogP contribution >= 0.6 is 0 Å². The molecule has 0 radical (unpaired) electrons. The zero-order chi connectivity index (χ0) is 24.3. The van der Waals surface area contributed by atoms with E-state index in [1.807, 2.05) is 48.5 Å². The Kier molecular flexibility index (Phi) is 8.73. The van der Waals surface area contributed by atoms with Crippen LogP contribution in [0.25, 0.3) is 0 Å². The van der Waals surface area contributed by atoms with Crippen molar-refractivity contribution in [3.05, 3.63) is 107 Å². The molecule has 0 bridgehead atoms. The summed E-state index contributed by atoms with van der Waals surface area (Å²) in [6.45, 7) is 1.05. The first-order valence-corrected chi connectivity index (χ1v) is 10.5. The Morgan fingerprint density at radius 3 is 2.21 bits per heavy atom. The lowest BCUT2D eigenvalue weighted by atomic mass is 10.1. The first-order chi connectivity index (χ1) is 16.5. The van der Waals surface area contributed by atoms with Crippen molar-refractivity contribution < 1.29 is 23.0 Å². The van der Waals surface area contributed by atoms with Crippen molar-refractivity contribution in [1.29, 1.82) is 5.41 Å². The summed E-state index contributed by atoms with van der Waals surface area (Å²) < 4.78 is 38.2. The Morgan fingerprint density at radius 2 is 1.56 bits per heavy atom. The van der Waals surface area contributed by atoms with E-state index in [2.05, 4.69) is 10.6 Å². The second-order valence-electron chi connectivity index (χ2n) is 7.28. The minimum Gasteiger partial charge on any atom is -0.497 e. The van der Waals surface area contributed by atoms with E-state index in [0.717, 1.165) is 41.2 Å². The maximum absolute atomic E-state index is 13.6. The van der Waals surface area contributed by atoms with Crippen LogP contribution in [0.5, 0.6) is 11.5 Å². The molecule has 0 aromatic heterocycles. The molecular weight excluding hydrogens is 440 g/mol. The third kappa shape index (κ3) is 7.16. The minimum atomic E-state index is -1.01. The summed E-state index contributed by atoms with van der Waals surface area (Å²) in [4.78, 5) is 11.9. The summed E-state index contributed by atoms with van der Waals surface area (Å²) in [5.74, 6) is -1.70. The molecule has 0 saturated carbocycles. The Morgan fingerprint density at radius 1 is 0.941 bits per heavy atom. The second-order valence-corrected chi connectivity index (χ2v) is 7.28. The maximum Gasteiger partial charge on any atom is 0.262 e. The van der Waals surface area contributed by atoms with Gasteiger partial charge in [0.25, 0.3) is 5.91 Å². The molecule has 3 rings (SSSR count). The van der Waals surface area contributed by atoms with E-state index < -0.39 is 23.1 Å². The van der Waals surface area contributed by atoms with Crippen molar-refractivity contribution in [2.75, 3.05) is 13.7 Å². The van der Waals surface area contributed by atoms with Gasteiger partial charge in [-0.3, -0.25) is 10.2 Å². The monoisotopic (exact) mass is 465 g/mol. The highest BCUT2D eigenvalue weighted by Gasteiger charge is 2.17. The largest absolute Gasteiger partial charge is 0.497 e. The van der Waals surface area contributed by atoms with Gasteiger partial charge in [-0.1, -0.05) is 30.3 Å². The summed E-state index contributed by atoms with van der Waals surface area (Å²) >= 11 is 0. The predicted molar refractivity (Wildman–Crippen MR) is 126 cm³/mol. The van der Waals surface area contributed by atoms with Gasteiger partial charge in [-0.15, -0.1) is 0 Å². The average molecular weight is 466 g/mol. The summed E-state index contributed by atoms with van der Waals surface area (Å²) in [6.07, 6.45) is 3.52. The van der Waals surface area contributed by atoms with Crippen LogP contribution in [0.2, 0.25) is 0 Å². The molecule has 6 nitrogen and oxygen atoms in total. The number of hydrogen-bond acceptors (Lipinski definition) is 5. The molecule has 3 aromatic rings. The quantitative estimate of drug-likeness (QED) is 0.232. The standard InChI is InChI=1S/C26H25F2N3O3/c1-33-20-9-7-19(8-10-20)17-34-21-11-5-18(6-12-21)13-15-30-16-14-24(29)31-26(32)25-22(27)3-2-4-23(25)28/h2-12,14,16,30H,13,15,17H2,1H3,(H2,29,31,32)/b16-14-. The van der Waals surface area contributed by atoms with Crippen LogP contribution in [0.3, 0.4) is 0 Å². The lowest BCUT2D eigenvalue weighted by molar-refractivity contribution is 0.0969. The van der Waals surface area contributed by atoms with Crippen LogP contribution in [0.15, 0.2) is 79.0 Å². The van der Waals surface area contributed by atoms with E-state index in [9.17, 15) is 13.6 Å². The van der Waals surface area contributed by atoms with Gasteiger partial charge >= 0.3 is 0 Å². The number of nitrogens with one attached hydrogen (secondary N) is 3. The van der Waals surface area contributed by atoms with Crippen LogP contribution in [0, 0.1) is 17.0 Å². The van der Waals surface area contributed by atoms with Gasteiger partial charge < -0.3 is 20.1 Å². The summed E-state index contributed by atoms with van der Waals surface area (Å²) in [5.41, 5.74) is 1.42. The van der Waals surface area contributed by atoms with Crippen molar-refractivity contribution in [3.8, 4) is 11.5 Å². The van der Waals surface area contributed by atoms with E-state index in [0.29, 0.717) is 13.2 Å². The van der Waals surface area contributed by atoms with Gasteiger partial charge in [0.1, 0.15) is 41.1 Å². The van der Waals surface area contributed by atoms with Gasteiger partial charge in [-0.2, -0.15) is 0 Å². The lowest BCUT2D eigenvalue weighted by Gasteiger charge is -2.08. The fraction of sp³-hybridized carbons (Fsp3) is 0.154. The fourth-order valence-electron chi connectivity index (χ4n) is 3.02. The number of carbonyl (C=O) groups excluding carboxylic acids is 1. The van der Waals surface area contributed by atoms with Gasteiger partial charge in [0.15, 0.2) is 0 Å². The molecule has 34 heavy (non-hydrogen) atoms. The van der Waals surface area contributed by atoms with E-state index in [-0.39, 0.29) is 5.84 Å². The molecule has 176 valence electrons. The molecule has 0 fully saturated rings. The third-order valence-corrected chi connectivity index (χ3v) is 4.85. The number of ether oxygens (including phenoxy) is 2. The average Bonchev–Trinajstić information content (AvgIpc) is 2.83. The molecule has 3 N–H and O–H groups in total. The van der Waals surface area contributed by atoms with Crippen molar-refractivity contribution in [2.24, 2.45) is 0 Å². The number of benzene rings is 3. The maximum atomic E-state index is 13.6. The zero-order valence-corrected chi connectivity index (χ0v) is 18.6. The summed E-state index contributed by atoms with van der Waals surface area (Å²) in [5, 5.41) is 12.9. The summed E-state index contributed by atoms with van der Waals surface area (Å²) in [7, 11) is 1.63. The molecule has 0 aliphatic heterocycles. The Balaban J connectivity index is 1.37. The van der Waals surface area contributed by atoms with Crippen LogP contribution < -0.4 is 20.1 Å². The van der Waals surface area contributed by atoms with Crippen molar-refractivity contribution in [2.45, 2.75) is 13.0 Å². The van der Waals surface area contributed by atoms with Crippen LogP contribution in [0.1, 0.15) is 21.5 Å². The lowest BCUT2D eigenvalue weighted by Crippen LogP contribution is -2.30. The van der Waals surface area contributed by atoms with Crippen LogP contribution in [-0.2, 0) is 13.0 Å². The van der Waals surface area contributed by atoms with Crippen molar-refractivity contribution >= 4 is 11.7 Å². The normalized spacial score (nSPS) is 10.7. The first kappa shape index (κ1) is 24.4. The molecule has 0 aliphatic carbocycles. The predicted octanol–water partition coefficient (Wildman–Crippen LogP) is 4.61. The zero-order valence-electron chi connectivity index (χ0n) is 18.6. The summed E-state index contributed by atoms with van der Waals surface area (Å²) in [6, 6.07) is 18.6. The number of rotatable bonds is 10. The van der Waals surface area contributed by atoms with Crippen molar-refractivity contribution in [1.82, 2.24) is 10.6 Å². The Labute approximate surface area is 196 Å². The van der Waals surface area contributed by atoms with Crippen LogP contribution in [0.4, 0.5) is 8.78 Å². The molecule has 1 amide bonds. The minimum absolute atomic E-state index is 0.293. The van der Waals surface area contributed by atoms with Crippen LogP contribution in [-0.4, -0.2) is 25.4 Å². The molecule has 3 aromatic carbocycles. The molecule has 8 heteroatoms. The van der Waals surface area contributed by atoms with E-state index in [1.165, 1.54) is 18.3 Å². The smallest absolute Gasteiger partial charge is 0.262 e. The van der Waals surface area contributed by atoms with Gasteiger partial charge in [-0.05, 0) is 60.0 Å². The van der Waals surface area contributed by atoms with Gasteiger partial charge in [0.05, 0.1) is 7.11 Å². The Bertz CT molecular complexity index is 1130. The highest BCUT2D eigenvalue weighted by Crippen LogP contribution is 2.16. The SMILES string of the molecule is COc1ccc(COc2ccc(CCN/C=C\C(=N)NC(=O)c3c(F)cccc3F)cc2)cc1. The van der Waals surface area contributed by atoms with Crippen molar-refractivity contribution in [3.63, 3.8) is 0 Å². The van der Waals surface area contributed by atoms with Gasteiger partial charge in [0.2, 0.25) is 0 Å². The topological polar surface area (TPSA) is 83.4 Å². The van der Waals surface area contributed by atoms with E-state index in [4.69, 9.17) is 14.9 Å². The second kappa shape index (κ2) is 12.2. The fourth-order valence-corrected chi connectivity index (χ4v) is 3.02. The number of halogens is 2. The number of amidine groups is 1. The number of carbonyl (C=O) groups is 1. The van der Waals surface area contributed by atoms with E-state index in [1.54, 1.807) is 7.11 Å². The first-order valence-electron chi connectivity index (χ1n) is 10.5. The van der Waals surface area contributed by atoms with Gasteiger partial charge in [-0.25, -0.2) is 8.78 Å². The highest BCUT2D eigenvalue weighted by molar-refractivity contribution is 6.09. The molecule has 0 heterocycles. The number of methoxy groups -OCH3 is 1.